The Kier molecular flexibility index (Phi) is 2.67. The van der Waals surface area contributed by atoms with Gasteiger partial charge in [-0.25, -0.2) is 0 Å². The lowest BCUT2D eigenvalue weighted by Crippen LogP contribution is -2.47. The van der Waals surface area contributed by atoms with Gasteiger partial charge in [-0.05, 0) is 5.92 Å². The predicted molar refractivity (Wildman–Crippen MR) is 37.2 cm³/mol. The molecule has 1 aliphatic heterocycles. The van der Waals surface area contributed by atoms with E-state index < -0.39 is 0 Å². The van der Waals surface area contributed by atoms with Crippen molar-refractivity contribution in [3.63, 3.8) is 0 Å². The highest BCUT2D eigenvalue weighted by atomic mass is 16.3. The second-order valence-electron chi connectivity index (χ2n) is 2.71. The van der Waals surface area contributed by atoms with Crippen LogP contribution in [0, 0.1) is 17.2 Å². The molecule has 0 spiro atoms. The molecule has 1 saturated heterocycles. The monoisotopic (exact) mass is 140 g/mol. The molecule has 3 heteroatoms. The minimum absolute atomic E-state index is 0.235. The van der Waals surface area contributed by atoms with Crippen LogP contribution in [0.5, 0.6) is 0 Å². The first-order valence-corrected chi connectivity index (χ1v) is 3.57. The zero-order chi connectivity index (χ0) is 7.40. The molecule has 0 aromatic heterocycles. The molecule has 0 aliphatic carbocycles. The van der Waals surface area contributed by atoms with E-state index in [-0.39, 0.29) is 6.61 Å². The van der Waals surface area contributed by atoms with Crippen LogP contribution in [0.15, 0.2) is 0 Å². The molecule has 56 valence electrons. The van der Waals surface area contributed by atoms with Gasteiger partial charge in [-0.2, -0.15) is 5.26 Å². The van der Waals surface area contributed by atoms with E-state index in [0.29, 0.717) is 12.3 Å². The fraction of sp³-hybridized carbons (Fsp3) is 0.857. The molecule has 0 bridgehead atoms. The third kappa shape index (κ3) is 1.69. The van der Waals surface area contributed by atoms with Gasteiger partial charge in [0.15, 0.2) is 0 Å². The average Bonchev–Trinajstić information content (AvgIpc) is 1.84. The average molecular weight is 140 g/mol. The van der Waals surface area contributed by atoms with Crippen molar-refractivity contribution in [1.82, 2.24) is 4.90 Å². The molecule has 1 heterocycles. The van der Waals surface area contributed by atoms with Crippen LogP contribution in [0.3, 0.4) is 0 Å². The maximum Gasteiger partial charge on any atom is 0.0625 e. The number of nitriles is 1. The lowest BCUT2D eigenvalue weighted by molar-refractivity contribution is 0.0807. The number of nitrogens with zero attached hydrogens (tertiary/aromatic N) is 2. The van der Waals surface area contributed by atoms with E-state index in [9.17, 15) is 0 Å². The first-order chi connectivity index (χ1) is 4.86. The van der Waals surface area contributed by atoms with Crippen LogP contribution in [-0.2, 0) is 0 Å². The summed E-state index contributed by atoms with van der Waals surface area (Å²) >= 11 is 0. The molecule has 10 heavy (non-hydrogen) atoms. The first kappa shape index (κ1) is 7.52. The van der Waals surface area contributed by atoms with Gasteiger partial charge in [-0.3, -0.25) is 0 Å². The van der Waals surface area contributed by atoms with Crippen molar-refractivity contribution in [1.29, 1.82) is 5.26 Å². The maximum absolute atomic E-state index is 8.51. The topological polar surface area (TPSA) is 47.3 Å². The fourth-order valence-electron chi connectivity index (χ4n) is 1.26. The van der Waals surface area contributed by atoms with Gasteiger partial charge in [-0.1, -0.05) is 0 Å². The summed E-state index contributed by atoms with van der Waals surface area (Å²) in [5.41, 5.74) is 0. The maximum atomic E-state index is 8.51. The van der Waals surface area contributed by atoms with Crippen molar-refractivity contribution < 1.29 is 5.11 Å². The summed E-state index contributed by atoms with van der Waals surface area (Å²) in [7, 11) is 0. The third-order valence-electron chi connectivity index (χ3n) is 1.83. The molecule has 1 N–H and O–H groups in total. The van der Waals surface area contributed by atoms with E-state index in [1.165, 1.54) is 0 Å². The van der Waals surface area contributed by atoms with Crippen LogP contribution < -0.4 is 0 Å². The summed E-state index contributed by atoms with van der Waals surface area (Å²) in [6.07, 6.45) is 0.669. The van der Waals surface area contributed by atoms with Gasteiger partial charge in [0.2, 0.25) is 0 Å². The Morgan fingerprint density at radius 1 is 1.60 bits per heavy atom. The second kappa shape index (κ2) is 3.55. The normalized spacial score (nSPS) is 20.0. The molecule has 0 radical (unpaired) electrons. The standard InChI is InChI=1S/C7H12N2O/c8-2-1-7-5-9(6-7)3-4-10/h7,10H,1,3-6H2. The lowest BCUT2D eigenvalue weighted by atomic mass is 9.97. The molecular formula is C7H12N2O. The van der Waals surface area contributed by atoms with Crippen LogP contribution in [0.25, 0.3) is 0 Å². The summed E-state index contributed by atoms with van der Waals surface area (Å²) in [4.78, 5) is 2.15. The summed E-state index contributed by atoms with van der Waals surface area (Å²) in [6, 6.07) is 2.14. The summed E-state index contributed by atoms with van der Waals surface area (Å²) in [5, 5.41) is 16.8. The molecular weight excluding hydrogens is 128 g/mol. The van der Waals surface area contributed by atoms with Crippen molar-refractivity contribution in [2.75, 3.05) is 26.2 Å². The van der Waals surface area contributed by atoms with Crippen molar-refractivity contribution in [2.45, 2.75) is 6.42 Å². The highest BCUT2D eigenvalue weighted by Crippen LogP contribution is 2.16. The Balaban J connectivity index is 2.02. The first-order valence-electron chi connectivity index (χ1n) is 3.57. The predicted octanol–water partition coefficient (Wildman–Crippen LogP) is -0.176. The van der Waals surface area contributed by atoms with Crippen LogP contribution in [0.2, 0.25) is 0 Å². The quantitative estimate of drug-likeness (QED) is 0.591. The van der Waals surface area contributed by atoms with Gasteiger partial charge >= 0.3 is 0 Å². The number of rotatable bonds is 3. The van der Waals surface area contributed by atoms with Crippen LogP contribution in [0.1, 0.15) is 6.42 Å². The highest BCUT2D eigenvalue weighted by molar-refractivity contribution is 4.86. The summed E-state index contributed by atoms with van der Waals surface area (Å²) in [5.74, 6) is 0.566. The summed E-state index contributed by atoms with van der Waals surface area (Å²) < 4.78 is 0. The number of β-amino-alcohol motifs (C(OH)–C–C–N with tert-alkyl or cyclic N) is 1. The number of likely N-dealkylation sites (tertiary alicyclic amines) is 1. The molecule has 0 unspecified atom stereocenters. The van der Waals surface area contributed by atoms with E-state index in [4.69, 9.17) is 10.4 Å². The van der Waals surface area contributed by atoms with Gasteiger partial charge < -0.3 is 10.0 Å². The molecule has 0 atom stereocenters. The lowest BCUT2D eigenvalue weighted by Gasteiger charge is -2.37. The minimum atomic E-state index is 0.235. The molecule has 0 aromatic carbocycles. The molecule has 0 amide bonds. The molecule has 1 rings (SSSR count). The van der Waals surface area contributed by atoms with Gasteiger partial charge in [0.25, 0.3) is 0 Å². The van der Waals surface area contributed by atoms with Gasteiger partial charge in [0, 0.05) is 26.1 Å². The number of aliphatic hydroxyl groups excluding tert-OH is 1. The van der Waals surface area contributed by atoms with Crippen LogP contribution >= 0.6 is 0 Å². The Hall–Kier alpha value is -0.590. The van der Waals surface area contributed by atoms with Crippen molar-refractivity contribution in [3.8, 4) is 6.07 Å². The number of aliphatic hydroxyl groups is 1. The van der Waals surface area contributed by atoms with E-state index in [1.807, 2.05) is 0 Å². The zero-order valence-electron chi connectivity index (χ0n) is 5.95. The smallest absolute Gasteiger partial charge is 0.0625 e. The number of hydrogen-bond acceptors (Lipinski definition) is 3. The SMILES string of the molecule is N#CCC1CN(CCO)C1. The Bertz CT molecular complexity index is 135. The Labute approximate surface area is 60.9 Å². The molecule has 0 aromatic rings. The van der Waals surface area contributed by atoms with E-state index in [2.05, 4.69) is 11.0 Å². The van der Waals surface area contributed by atoms with E-state index in [1.54, 1.807) is 0 Å². The van der Waals surface area contributed by atoms with E-state index in [0.717, 1.165) is 19.6 Å². The minimum Gasteiger partial charge on any atom is -0.395 e. The Morgan fingerprint density at radius 3 is 2.80 bits per heavy atom. The fourth-order valence-corrected chi connectivity index (χ4v) is 1.26. The molecule has 0 saturated carbocycles. The molecule has 1 fully saturated rings. The Morgan fingerprint density at radius 2 is 2.30 bits per heavy atom. The summed E-state index contributed by atoms with van der Waals surface area (Å²) in [6.45, 7) is 2.99. The largest absolute Gasteiger partial charge is 0.395 e. The van der Waals surface area contributed by atoms with Gasteiger partial charge in [0.1, 0.15) is 0 Å². The van der Waals surface area contributed by atoms with E-state index >= 15 is 0 Å². The highest BCUT2D eigenvalue weighted by Gasteiger charge is 2.24. The van der Waals surface area contributed by atoms with Crippen LogP contribution in [0.4, 0.5) is 0 Å². The molecule has 3 nitrogen and oxygen atoms in total. The second-order valence-corrected chi connectivity index (χ2v) is 2.71. The van der Waals surface area contributed by atoms with Crippen molar-refractivity contribution >= 4 is 0 Å². The van der Waals surface area contributed by atoms with Gasteiger partial charge in [-0.15, -0.1) is 0 Å². The van der Waals surface area contributed by atoms with Gasteiger partial charge in [0.05, 0.1) is 12.7 Å². The van der Waals surface area contributed by atoms with Crippen molar-refractivity contribution in [3.05, 3.63) is 0 Å². The number of hydrogen-bond donors (Lipinski definition) is 1. The molecule has 1 aliphatic rings. The zero-order valence-corrected chi connectivity index (χ0v) is 5.95. The van der Waals surface area contributed by atoms with Crippen molar-refractivity contribution in [2.24, 2.45) is 5.92 Å². The van der Waals surface area contributed by atoms with Crippen LogP contribution in [-0.4, -0.2) is 36.2 Å². The third-order valence-corrected chi connectivity index (χ3v) is 1.83.